The Bertz CT molecular complexity index is 1390. The van der Waals surface area contributed by atoms with Crippen molar-refractivity contribution in [3.8, 4) is 5.75 Å². The van der Waals surface area contributed by atoms with Gasteiger partial charge in [0.1, 0.15) is 5.75 Å². The molecule has 12 heteroatoms. The van der Waals surface area contributed by atoms with E-state index in [2.05, 4.69) is 15.0 Å². The molecule has 0 radical (unpaired) electrons. The Hall–Kier alpha value is -3.64. The maximum absolute atomic E-state index is 12.9. The second-order valence-electron chi connectivity index (χ2n) is 7.37. The number of fused-ring (bicyclic) bond motifs is 1. The second-order valence-corrected chi connectivity index (χ2v) is 11.2. The van der Waals surface area contributed by atoms with Crippen LogP contribution >= 0.6 is 0 Å². The number of aromatic nitrogens is 1. The van der Waals surface area contributed by atoms with Gasteiger partial charge >= 0.3 is 0 Å². The molecular weight excluding hydrogens is 480 g/mol. The van der Waals surface area contributed by atoms with Crippen LogP contribution in [0.15, 0.2) is 78.0 Å². The number of amides is 1. The fraction of sp³-hybridized carbons (Fsp3) is 0.182. The number of anilines is 3. The van der Waals surface area contributed by atoms with E-state index in [4.69, 9.17) is 4.74 Å². The Morgan fingerprint density at radius 2 is 1.76 bits per heavy atom. The molecule has 178 valence electrons. The lowest BCUT2D eigenvalue weighted by molar-refractivity contribution is -0.122. The van der Waals surface area contributed by atoms with Crippen molar-refractivity contribution in [1.82, 2.24) is 4.98 Å². The molecule has 0 fully saturated rings. The number of hydrogen-bond acceptors (Lipinski definition) is 7. The average molecular weight is 503 g/mol. The van der Waals surface area contributed by atoms with Gasteiger partial charge in [-0.1, -0.05) is 12.1 Å². The normalized spacial score (nSPS) is 15.7. The highest BCUT2D eigenvalue weighted by molar-refractivity contribution is 7.93. The Morgan fingerprint density at radius 3 is 2.44 bits per heavy atom. The molecule has 0 spiro atoms. The number of ether oxygens (including phenoxy) is 1. The van der Waals surface area contributed by atoms with E-state index in [1.165, 1.54) is 47.9 Å². The summed E-state index contributed by atoms with van der Waals surface area (Å²) in [5.74, 6) is -0.401. The minimum Gasteiger partial charge on any atom is -0.476 e. The van der Waals surface area contributed by atoms with E-state index >= 15 is 0 Å². The van der Waals surface area contributed by atoms with Crippen LogP contribution < -0.4 is 19.1 Å². The van der Waals surface area contributed by atoms with Crippen LogP contribution in [0.25, 0.3) is 0 Å². The summed E-state index contributed by atoms with van der Waals surface area (Å²) in [7, 11) is -7.47. The largest absolute Gasteiger partial charge is 0.476 e. The van der Waals surface area contributed by atoms with E-state index < -0.39 is 32.1 Å². The number of carbonyl (C=O) groups excluding carboxylic acids is 1. The van der Waals surface area contributed by atoms with Crippen LogP contribution in [0.5, 0.6) is 5.75 Å². The van der Waals surface area contributed by atoms with Gasteiger partial charge in [0.15, 0.2) is 6.10 Å². The molecule has 3 aromatic rings. The first-order chi connectivity index (χ1) is 16.2. The third kappa shape index (κ3) is 4.97. The Kier molecular flexibility index (Phi) is 6.44. The molecule has 0 unspecified atom stereocenters. The van der Waals surface area contributed by atoms with E-state index in [0.29, 0.717) is 17.1 Å². The molecule has 1 amide bonds. The van der Waals surface area contributed by atoms with Crippen LogP contribution in [0.1, 0.15) is 6.92 Å². The molecule has 10 nitrogen and oxygen atoms in total. The molecule has 0 aliphatic carbocycles. The number of nitrogens with zero attached hydrogens (tertiary/aromatic N) is 2. The van der Waals surface area contributed by atoms with Gasteiger partial charge in [0.2, 0.25) is 10.0 Å². The van der Waals surface area contributed by atoms with Crippen LogP contribution in [0.2, 0.25) is 0 Å². The van der Waals surface area contributed by atoms with E-state index in [1.54, 1.807) is 36.4 Å². The zero-order valence-electron chi connectivity index (χ0n) is 18.1. The topological polar surface area (TPSA) is 135 Å². The second kappa shape index (κ2) is 9.31. The maximum atomic E-state index is 12.9. The van der Waals surface area contributed by atoms with Gasteiger partial charge in [-0.15, -0.1) is 0 Å². The Labute approximate surface area is 197 Å². The van der Waals surface area contributed by atoms with E-state index in [9.17, 15) is 21.6 Å². The van der Waals surface area contributed by atoms with Gasteiger partial charge in [0, 0.05) is 11.9 Å². The summed E-state index contributed by atoms with van der Waals surface area (Å²) in [6, 6.07) is 15.3. The van der Waals surface area contributed by atoms with Crippen molar-refractivity contribution in [3.63, 3.8) is 0 Å². The highest BCUT2D eigenvalue weighted by atomic mass is 32.2. The van der Waals surface area contributed by atoms with E-state index in [-0.39, 0.29) is 22.9 Å². The predicted molar refractivity (Wildman–Crippen MR) is 128 cm³/mol. The third-order valence-corrected chi connectivity index (χ3v) is 8.22. The van der Waals surface area contributed by atoms with Crippen LogP contribution in [0.3, 0.4) is 0 Å². The Balaban J connectivity index is 1.49. The zero-order valence-corrected chi connectivity index (χ0v) is 19.7. The summed E-state index contributed by atoms with van der Waals surface area (Å²) >= 11 is 0. The van der Waals surface area contributed by atoms with Crippen molar-refractivity contribution < 1.29 is 26.4 Å². The number of pyridine rings is 1. The van der Waals surface area contributed by atoms with Gasteiger partial charge in [0.05, 0.1) is 34.8 Å². The molecule has 2 heterocycles. The highest BCUT2D eigenvalue weighted by Gasteiger charge is 2.36. The van der Waals surface area contributed by atoms with Gasteiger partial charge in [-0.3, -0.25) is 18.8 Å². The zero-order chi connectivity index (χ0) is 24.3. The minimum absolute atomic E-state index is 0.00240. The first kappa shape index (κ1) is 23.5. The summed E-state index contributed by atoms with van der Waals surface area (Å²) in [6.07, 6.45) is 1.82. The van der Waals surface area contributed by atoms with Crippen molar-refractivity contribution in [2.45, 2.75) is 17.9 Å². The first-order valence-electron chi connectivity index (χ1n) is 10.3. The maximum Gasteiger partial charge on any atom is 0.267 e. The monoisotopic (exact) mass is 502 g/mol. The van der Waals surface area contributed by atoms with Gasteiger partial charge < -0.3 is 10.1 Å². The van der Waals surface area contributed by atoms with E-state index in [0.717, 1.165) is 0 Å². The highest BCUT2D eigenvalue weighted by Crippen LogP contribution is 2.35. The number of rotatable bonds is 7. The van der Waals surface area contributed by atoms with Gasteiger partial charge in [-0.05, 0) is 55.5 Å². The van der Waals surface area contributed by atoms with Crippen molar-refractivity contribution >= 4 is 43.0 Å². The molecule has 2 N–H and O–H groups in total. The number of nitrogens with one attached hydrogen (secondary N) is 2. The first-order valence-corrected chi connectivity index (χ1v) is 13.4. The lowest BCUT2D eigenvalue weighted by Crippen LogP contribution is -2.49. The summed E-state index contributed by atoms with van der Waals surface area (Å²) < 4.78 is 59.6. The van der Waals surface area contributed by atoms with Crippen LogP contribution in [0, 0.1) is 0 Å². The Morgan fingerprint density at radius 1 is 1.03 bits per heavy atom. The minimum atomic E-state index is -3.84. The molecular formula is C22H22N4O6S2. The molecule has 1 aliphatic rings. The molecule has 1 atom stereocenters. The smallest absolute Gasteiger partial charge is 0.267 e. The van der Waals surface area contributed by atoms with Crippen LogP contribution in [0.4, 0.5) is 17.1 Å². The lowest BCUT2D eigenvalue weighted by Gasteiger charge is -2.34. The number of sulfonamides is 2. The molecule has 34 heavy (non-hydrogen) atoms. The molecule has 4 rings (SSSR count). The summed E-state index contributed by atoms with van der Waals surface area (Å²) in [5, 5.41) is 2.65. The average Bonchev–Trinajstić information content (AvgIpc) is 2.84. The number of para-hydroxylation sites is 2. The molecule has 1 aliphatic heterocycles. The van der Waals surface area contributed by atoms with Crippen molar-refractivity contribution in [2.24, 2.45) is 0 Å². The standard InChI is InChI=1S/C22H22N4O6S2/c1-2-33(28,29)26-15-21(32-20-8-4-3-7-19(20)26)22(27)24-16-9-11-18(12-10-16)34(30,31)25-17-6-5-13-23-14-17/h3-14,21,25H,2,15H2,1H3,(H,24,27)/t21-/m0/s1. The number of carbonyl (C=O) groups is 1. The van der Waals surface area contributed by atoms with Crippen LogP contribution in [-0.2, 0) is 24.8 Å². The molecule has 1 aromatic heterocycles. The predicted octanol–water partition coefficient (Wildman–Crippen LogP) is 2.44. The number of hydrogen-bond donors (Lipinski definition) is 2. The molecule has 0 saturated carbocycles. The van der Waals surface area contributed by atoms with Gasteiger partial charge in [0.25, 0.3) is 15.9 Å². The molecule has 2 aromatic carbocycles. The summed E-state index contributed by atoms with van der Waals surface area (Å²) in [4.78, 5) is 16.7. The number of benzene rings is 2. The summed E-state index contributed by atoms with van der Waals surface area (Å²) in [5.41, 5.74) is 1.03. The SMILES string of the molecule is CCS(=O)(=O)N1C[C@@H](C(=O)Nc2ccc(S(=O)(=O)Nc3cccnc3)cc2)Oc2ccccc21. The van der Waals surface area contributed by atoms with Crippen LogP contribution in [-0.4, -0.2) is 46.1 Å². The van der Waals surface area contributed by atoms with Gasteiger partial charge in [-0.2, -0.15) is 0 Å². The third-order valence-electron chi connectivity index (χ3n) is 5.07. The van der Waals surface area contributed by atoms with Gasteiger partial charge in [-0.25, -0.2) is 16.8 Å². The molecule has 0 bridgehead atoms. The van der Waals surface area contributed by atoms with E-state index in [1.807, 2.05) is 0 Å². The van der Waals surface area contributed by atoms with Crippen molar-refractivity contribution in [1.29, 1.82) is 0 Å². The lowest BCUT2D eigenvalue weighted by atomic mass is 10.2. The fourth-order valence-electron chi connectivity index (χ4n) is 3.34. The van der Waals surface area contributed by atoms with Crippen molar-refractivity contribution in [3.05, 3.63) is 73.1 Å². The quantitative estimate of drug-likeness (QED) is 0.507. The summed E-state index contributed by atoms with van der Waals surface area (Å²) in [6.45, 7) is 1.35. The fourth-order valence-corrected chi connectivity index (χ4v) is 5.50. The molecule has 0 saturated heterocycles. The van der Waals surface area contributed by atoms with Crippen molar-refractivity contribution in [2.75, 3.05) is 26.6 Å².